The zero-order valence-corrected chi connectivity index (χ0v) is 13.3. The van der Waals surface area contributed by atoms with E-state index in [2.05, 4.69) is 62.2 Å². The van der Waals surface area contributed by atoms with Crippen molar-refractivity contribution in [3.63, 3.8) is 0 Å². The number of ether oxygens (including phenoxy) is 1. The first kappa shape index (κ1) is 15.3. The average Bonchev–Trinajstić information content (AvgIpc) is 2.40. The highest BCUT2D eigenvalue weighted by Gasteiger charge is 2.17. The molecule has 1 aliphatic heterocycles. The van der Waals surface area contributed by atoms with E-state index in [1.54, 1.807) is 0 Å². The van der Waals surface area contributed by atoms with Crippen molar-refractivity contribution in [1.29, 1.82) is 0 Å². The number of hydrogen-bond donors (Lipinski definition) is 1. The molecule has 0 aliphatic carbocycles. The summed E-state index contributed by atoms with van der Waals surface area (Å²) >= 11 is 0. The lowest BCUT2D eigenvalue weighted by atomic mass is 9.87. The summed E-state index contributed by atoms with van der Waals surface area (Å²) in [5.41, 5.74) is 1.55. The van der Waals surface area contributed by atoms with E-state index in [9.17, 15) is 0 Å². The molecule has 0 spiro atoms. The van der Waals surface area contributed by atoms with E-state index < -0.39 is 0 Å². The number of rotatable bonds is 4. The number of nitrogens with zero attached hydrogens (tertiary/aromatic N) is 1. The third kappa shape index (κ3) is 4.22. The summed E-state index contributed by atoms with van der Waals surface area (Å²) in [6.07, 6.45) is 0. The van der Waals surface area contributed by atoms with Crippen LogP contribution in [0.15, 0.2) is 24.3 Å². The predicted octanol–water partition coefficient (Wildman–Crippen LogP) is 2.66. The molecule has 0 unspecified atom stereocenters. The smallest absolute Gasteiger partial charge is 0.119 e. The second kappa shape index (κ2) is 6.59. The van der Waals surface area contributed by atoms with Gasteiger partial charge < -0.3 is 10.1 Å². The standard InChI is InChI=1S/C17H28N2O/c1-14-13-18-9-10-19(14)11-12-20-16-7-5-15(6-8-16)17(2,3)4/h5-8,14,18H,9-13H2,1-4H3/t14-/m1/s1. The zero-order valence-electron chi connectivity index (χ0n) is 13.3. The van der Waals surface area contributed by atoms with Crippen LogP contribution in [0.5, 0.6) is 5.75 Å². The zero-order chi connectivity index (χ0) is 14.6. The van der Waals surface area contributed by atoms with Crippen LogP contribution in [-0.2, 0) is 5.41 Å². The molecular formula is C17H28N2O. The first-order valence-electron chi connectivity index (χ1n) is 7.65. The molecule has 2 rings (SSSR count). The maximum atomic E-state index is 5.86. The highest BCUT2D eigenvalue weighted by Crippen LogP contribution is 2.24. The Balaban J connectivity index is 1.79. The summed E-state index contributed by atoms with van der Waals surface area (Å²) in [7, 11) is 0. The molecule has 112 valence electrons. The molecule has 1 atom stereocenters. The minimum Gasteiger partial charge on any atom is -0.492 e. The van der Waals surface area contributed by atoms with Crippen LogP contribution >= 0.6 is 0 Å². The third-order valence-corrected chi connectivity index (χ3v) is 4.01. The van der Waals surface area contributed by atoms with E-state index in [0.29, 0.717) is 6.04 Å². The van der Waals surface area contributed by atoms with Gasteiger partial charge in [-0.1, -0.05) is 32.9 Å². The topological polar surface area (TPSA) is 24.5 Å². The van der Waals surface area contributed by atoms with E-state index in [-0.39, 0.29) is 5.41 Å². The molecule has 0 saturated carbocycles. The van der Waals surface area contributed by atoms with Gasteiger partial charge in [-0.25, -0.2) is 0 Å². The van der Waals surface area contributed by atoms with Crippen molar-refractivity contribution in [3.8, 4) is 5.75 Å². The largest absolute Gasteiger partial charge is 0.492 e. The van der Waals surface area contributed by atoms with Crippen molar-refractivity contribution in [2.75, 3.05) is 32.8 Å². The summed E-state index contributed by atoms with van der Waals surface area (Å²) in [6, 6.07) is 9.12. The lowest BCUT2D eigenvalue weighted by molar-refractivity contribution is 0.143. The molecule has 0 radical (unpaired) electrons. The molecule has 1 saturated heterocycles. The maximum Gasteiger partial charge on any atom is 0.119 e. The molecule has 1 aromatic carbocycles. The second-order valence-corrected chi connectivity index (χ2v) is 6.71. The summed E-state index contributed by atoms with van der Waals surface area (Å²) in [5, 5.41) is 3.41. The van der Waals surface area contributed by atoms with E-state index in [0.717, 1.165) is 38.5 Å². The molecule has 3 nitrogen and oxygen atoms in total. The molecule has 1 N–H and O–H groups in total. The van der Waals surface area contributed by atoms with Gasteiger partial charge in [-0.05, 0) is 30.0 Å². The minimum absolute atomic E-state index is 0.203. The SMILES string of the molecule is C[C@@H]1CNCCN1CCOc1ccc(C(C)(C)C)cc1. The first-order chi connectivity index (χ1) is 9.47. The van der Waals surface area contributed by atoms with Gasteiger partial charge in [-0.3, -0.25) is 4.90 Å². The van der Waals surface area contributed by atoms with Crippen LogP contribution in [0.1, 0.15) is 33.3 Å². The summed E-state index contributed by atoms with van der Waals surface area (Å²) in [6.45, 7) is 14.0. The Labute approximate surface area is 123 Å². The Morgan fingerprint density at radius 3 is 2.55 bits per heavy atom. The third-order valence-electron chi connectivity index (χ3n) is 4.01. The summed E-state index contributed by atoms with van der Waals surface area (Å²) < 4.78 is 5.86. The Kier molecular flexibility index (Phi) is 5.06. The van der Waals surface area contributed by atoms with Gasteiger partial charge in [0.25, 0.3) is 0 Å². The van der Waals surface area contributed by atoms with E-state index in [1.165, 1.54) is 5.56 Å². The Morgan fingerprint density at radius 1 is 1.25 bits per heavy atom. The molecule has 1 fully saturated rings. The monoisotopic (exact) mass is 276 g/mol. The fourth-order valence-electron chi connectivity index (χ4n) is 2.55. The first-order valence-corrected chi connectivity index (χ1v) is 7.65. The van der Waals surface area contributed by atoms with E-state index in [4.69, 9.17) is 4.74 Å². The van der Waals surface area contributed by atoms with Gasteiger partial charge in [0.15, 0.2) is 0 Å². The Hall–Kier alpha value is -1.06. The van der Waals surface area contributed by atoms with Gasteiger partial charge in [-0.2, -0.15) is 0 Å². The maximum absolute atomic E-state index is 5.86. The summed E-state index contributed by atoms with van der Waals surface area (Å²) in [4.78, 5) is 2.49. The van der Waals surface area contributed by atoms with Crippen LogP contribution in [0.4, 0.5) is 0 Å². The number of hydrogen-bond acceptors (Lipinski definition) is 3. The molecule has 20 heavy (non-hydrogen) atoms. The van der Waals surface area contributed by atoms with Crippen molar-refractivity contribution in [1.82, 2.24) is 10.2 Å². The molecule has 1 aromatic rings. The highest BCUT2D eigenvalue weighted by molar-refractivity contribution is 5.31. The number of nitrogens with one attached hydrogen (secondary N) is 1. The fraction of sp³-hybridized carbons (Fsp3) is 0.647. The lowest BCUT2D eigenvalue weighted by Gasteiger charge is -2.33. The molecule has 0 aromatic heterocycles. The van der Waals surface area contributed by atoms with Crippen molar-refractivity contribution < 1.29 is 4.74 Å². The lowest BCUT2D eigenvalue weighted by Crippen LogP contribution is -2.50. The van der Waals surface area contributed by atoms with Crippen LogP contribution in [-0.4, -0.2) is 43.7 Å². The number of piperazine rings is 1. The van der Waals surface area contributed by atoms with E-state index >= 15 is 0 Å². The molecule has 1 heterocycles. The van der Waals surface area contributed by atoms with Gasteiger partial charge >= 0.3 is 0 Å². The number of benzene rings is 1. The molecule has 0 amide bonds. The predicted molar refractivity (Wildman–Crippen MR) is 84.5 cm³/mol. The minimum atomic E-state index is 0.203. The van der Waals surface area contributed by atoms with Crippen LogP contribution in [0.3, 0.4) is 0 Å². The Bertz CT molecular complexity index is 408. The average molecular weight is 276 g/mol. The molecule has 1 aliphatic rings. The van der Waals surface area contributed by atoms with Gasteiger partial charge in [0.1, 0.15) is 12.4 Å². The van der Waals surface area contributed by atoms with E-state index in [1.807, 2.05) is 0 Å². The van der Waals surface area contributed by atoms with Gasteiger partial charge in [0.05, 0.1) is 0 Å². The van der Waals surface area contributed by atoms with Crippen LogP contribution < -0.4 is 10.1 Å². The second-order valence-electron chi connectivity index (χ2n) is 6.71. The van der Waals surface area contributed by atoms with Crippen molar-refractivity contribution in [2.45, 2.75) is 39.2 Å². The van der Waals surface area contributed by atoms with Gasteiger partial charge in [0.2, 0.25) is 0 Å². The fourth-order valence-corrected chi connectivity index (χ4v) is 2.55. The normalized spacial score (nSPS) is 20.9. The van der Waals surface area contributed by atoms with Crippen LogP contribution in [0, 0.1) is 0 Å². The molecular weight excluding hydrogens is 248 g/mol. The van der Waals surface area contributed by atoms with Crippen molar-refractivity contribution in [2.24, 2.45) is 0 Å². The van der Waals surface area contributed by atoms with Crippen LogP contribution in [0.2, 0.25) is 0 Å². The molecule has 3 heteroatoms. The van der Waals surface area contributed by atoms with Crippen LogP contribution in [0.25, 0.3) is 0 Å². The van der Waals surface area contributed by atoms with Crippen molar-refractivity contribution in [3.05, 3.63) is 29.8 Å². The summed E-state index contributed by atoms with van der Waals surface area (Å²) in [5.74, 6) is 0.973. The quantitative estimate of drug-likeness (QED) is 0.915. The van der Waals surface area contributed by atoms with Gasteiger partial charge in [0, 0.05) is 32.2 Å². The van der Waals surface area contributed by atoms with Crippen molar-refractivity contribution >= 4 is 0 Å². The molecule has 0 bridgehead atoms. The van der Waals surface area contributed by atoms with Gasteiger partial charge in [-0.15, -0.1) is 0 Å². The highest BCUT2D eigenvalue weighted by atomic mass is 16.5. The Morgan fingerprint density at radius 2 is 1.95 bits per heavy atom.